The number of nitrogens with zero attached hydrogens (tertiary/aromatic N) is 3. The minimum Gasteiger partial charge on any atom is -0.325 e. The Labute approximate surface area is 170 Å². The van der Waals surface area contributed by atoms with E-state index in [1.807, 2.05) is 24.3 Å². The van der Waals surface area contributed by atoms with Crippen LogP contribution in [-0.4, -0.2) is 26.4 Å². The summed E-state index contributed by atoms with van der Waals surface area (Å²) in [6.07, 6.45) is -2.91. The van der Waals surface area contributed by atoms with Gasteiger partial charge in [0, 0.05) is 11.4 Å². The average Bonchev–Trinajstić information content (AvgIpc) is 3.14. The van der Waals surface area contributed by atoms with Gasteiger partial charge in [-0.15, -0.1) is 10.2 Å². The molecule has 0 atom stereocenters. The van der Waals surface area contributed by atoms with E-state index < -0.39 is 17.6 Å². The first-order valence-electron chi connectivity index (χ1n) is 8.84. The number of thioether (sulfide) groups is 1. The highest BCUT2D eigenvalue weighted by Gasteiger charge is 2.30. The third kappa shape index (κ3) is 5.38. The summed E-state index contributed by atoms with van der Waals surface area (Å²) in [5.74, 6) is -0.0312. The molecule has 0 unspecified atom stereocenters. The Hall–Kier alpha value is -2.81. The fraction of sp³-hybridized carbons (Fsp3) is 0.250. The van der Waals surface area contributed by atoms with E-state index in [0.29, 0.717) is 11.1 Å². The molecule has 0 spiro atoms. The molecule has 0 saturated heterocycles. The van der Waals surface area contributed by atoms with Crippen LogP contribution >= 0.6 is 11.8 Å². The number of amides is 1. The first-order valence-corrected chi connectivity index (χ1v) is 9.83. The number of alkyl halides is 3. The maximum absolute atomic E-state index is 12.8. The Kier molecular flexibility index (Phi) is 6.26. The molecule has 3 rings (SSSR count). The van der Waals surface area contributed by atoms with Crippen LogP contribution in [0.15, 0.2) is 60.0 Å². The Morgan fingerprint density at radius 2 is 1.90 bits per heavy atom. The smallest absolute Gasteiger partial charge is 0.325 e. The molecule has 29 heavy (non-hydrogen) atoms. The standard InChI is InChI=1S/C20H19F3N4OS/c1-13(2)14-6-8-17(9-7-14)27-12-24-26-19(27)29-11-18(28)25-16-5-3-4-15(10-16)20(21,22)23/h3-10,12-13H,11H2,1-2H3,(H,25,28). The van der Waals surface area contributed by atoms with E-state index in [4.69, 9.17) is 0 Å². The molecule has 0 aliphatic carbocycles. The van der Waals surface area contributed by atoms with Crippen molar-refractivity contribution in [3.8, 4) is 5.69 Å². The number of halogens is 3. The van der Waals surface area contributed by atoms with Crippen molar-refractivity contribution in [1.29, 1.82) is 0 Å². The first-order chi connectivity index (χ1) is 13.7. The van der Waals surface area contributed by atoms with E-state index in [0.717, 1.165) is 29.6 Å². The Bertz CT molecular complexity index is 984. The zero-order valence-corrected chi connectivity index (χ0v) is 16.6. The normalized spacial score (nSPS) is 11.7. The van der Waals surface area contributed by atoms with Crippen molar-refractivity contribution < 1.29 is 18.0 Å². The number of hydrogen-bond donors (Lipinski definition) is 1. The average molecular weight is 420 g/mol. The molecule has 2 aromatic carbocycles. The lowest BCUT2D eigenvalue weighted by Crippen LogP contribution is -2.15. The fourth-order valence-electron chi connectivity index (χ4n) is 2.62. The van der Waals surface area contributed by atoms with Crippen LogP contribution in [0.1, 0.15) is 30.9 Å². The number of rotatable bonds is 6. The van der Waals surface area contributed by atoms with Crippen LogP contribution in [-0.2, 0) is 11.0 Å². The van der Waals surface area contributed by atoms with Crippen molar-refractivity contribution in [2.45, 2.75) is 31.1 Å². The monoisotopic (exact) mass is 420 g/mol. The molecule has 0 radical (unpaired) electrons. The molecule has 0 aliphatic heterocycles. The SMILES string of the molecule is CC(C)c1ccc(-n2cnnc2SCC(=O)Nc2cccc(C(F)(F)F)c2)cc1. The fourth-order valence-corrected chi connectivity index (χ4v) is 3.35. The number of carbonyl (C=O) groups excluding carboxylic acids is 1. The molecular weight excluding hydrogens is 401 g/mol. The van der Waals surface area contributed by atoms with E-state index in [1.54, 1.807) is 10.9 Å². The summed E-state index contributed by atoms with van der Waals surface area (Å²) in [7, 11) is 0. The zero-order chi connectivity index (χ0) is 21.0. The van der Waals surface area contributed by atoms with Crippen LogP contribution < -0.4 is 5.32 Å². The second kappa shape index (κ2) is 8.69. The van der Waals surface area contributed by atoms with Crippen molar-refractivity contribution in [1.82, 2.24) is 14.8 Å². The van der Waals surface area contributed by atoms with Crippen molar-refractivity contribution in [3.63, 3.8) is 0 Å². The molecular formula is C20H19F3N4OS. The number of carbonyl (C=O) groups is 1. The van der Waals surface area contributed by atoms with Crippen LogP contribution in [0.3, 0.4) is 0 Å². The summed E-state index contributed by atoms with van der Waals surface area (Å²) in [6, 6.07) is 12.5. The van der Waals surface area contributed by atoms with Gasteiger partial charge in [0.05, 0.1) is 11.3 Å². The van der Waals surface area contributed by atoms with Crippen LogP contribution in [0, 0.1) is 0 Å². The van der Waals surface area contributed by atoms with E-state index in [-0.39, 0.29) is 11.4 Å². The summed E-state index contributed by atoms with van der Waals surface area (Å²) in [4.78, 5) is 12.2. The predicted molar refractivity (Wildman–Crippen MR) is 106 cm³/mol. The molecule has 1 N–H and O–H groups in total. The Balaban J connectivity index is 1.64. The van der Waals surface area contributed by atoms with E-state index >= 15 is 0 Å². The highest BCUT2D eigenvalue weighted by Crippen LogP contribution is 2.30. The Morgan fingerprint density at radius 3 is 2.55 bits per heavy atom. The van der Waals surface area contributed by atoms with Gasteiger partial charge in [-0.05, 0) is 41.8 Å². The summed E-state index contributed by atoms with van der Waals surface area (Å²) >= 11 is 1.15. The summed E-state index contributed by atoms with van der Waals surface area (Å²) in [5.41, 5.74) is 1.35. The van der Waals surface area contributed by atoms with Gasteiger partial charge in [0.1, 0.15) is 6.33 Å². The highest BCUT2D eigenvalue weighted by atomic mass is 32.2. The van der Waals surface area contributed by atoms with Crippen molar-refractivity contribution >= 4 is 23.4 Å². The molecule has 0 bridgehead atoms. The number of benzene rings is 2. The quantitative estimate of drug-likeness (QED) is 0.561. The summed E-state index contributed by atoms with van der Waals surface area (Å²) in [6.45, 7) is 4.22. The van der Waals surface area contributed by atoms with Crippen LogP contribution in [0.5, 0.6) is 0 Å². The molecule has 3 aromatic rings. The third-order valence-electron chi connectivity index (χ3n) is 4.16. The van der Waals surface area contributed by atoms with Gasteiger partial charge >= 0.3 is 6.18 Å². The molecule has 0 saturated carbocycles. The Morgan fingerprint density at radius 1 is 1.17 bits per heavy atom. The molecule has 9 heteroatoms. The topological polar surface area (TPSA) is 59.8 Å². The van der Waals surface area contributed by atoms with Gasteiger partial charge in [0.2, 0.25) is 5.91 Å². The molecule has 1 heterocycles. The van der Waals surface area contributed by atoms with Crippen LogP contribution in [0.2, 0.25) is 0 Å². The van der Waals surface area contributed by atoms with Gasteiger partial charge in [-0.2, -0.15) is 13.2 Å². The van der Waals surface area contributed by atoms with Crippen LogP contribution in [0.4, 0.5) is 18.9 Å². The van der Waals surface area contributed by atoms with Gasteiger partial charge in [-0.25, -0.2) is 0 Å². The van der Waals surface area contributed by atoms with Gasteiger partial charge in [0.15, 0.2) is 5.16 Å². The minimum atomic E-state index is -4.46. The second-order valence-corrected chi connectivity index (χ2v) is 7.59. The molecule has 0 fully saturated rings. The van der Waals surface area contributed by atoms with Gasteiger partial charge in [-0.3, -0.25) is 9.36 Å². The minimum absolute atomic E-state index is 0.0149. The number of anilines is 1. The second-order valence-electron chi connectivity index (χ2n) is 6.65. The van der Waals surface area contributed by atoms with E-state index in [9.17, 15) is 18.0 Å². The van der Waals surface area contributed by atoms with Crippen molar-refractivity contribution in [3.05, 3.63) is 66.0 Å². The molecule has 1 amide bonds. The van der Waals surface area contributed by atoms with Gasteiger partial charge in [0.25, 0.3) is 0 Å². The molecule has 152 valence electrons. The maximum Gasteiger partial charge on any atom is 0.416 e. The number of nitrogens with one attached hydrogen (secondary N) is 1. The van der Waals surface area contributed by atoms with Crippen LogP contribution in [0.25, 0.3) is 5.69 Å². The van der Waals surface area contributed by atoms with Crippen molar-refractivity contribution in [2.75, 3.05) is 11.1 Å². The highest BCUT2D eigenvalue weighted by molar-refractivity contribution is 7.99. The zero-order valence-electron chi connectivity index (χ0n) is 15.8. The lowest BCUT2D eigenvalue weighted by atomic mass is 10.0. The lowest BCUT2D eigenvalue weighted by molar-refractivity contribution is -0.137. The maximum atomic E-state index is 12.8. The lowest BCUT2D eigenvalue weighted by Gasteiger charge is -2.10. The number of aromatic nitrogens is 3. The van der Waals surface area contributed by atoms with Crippen molar-refractivity contribution in [2.24, 2.45) is 0 Å². The van der Waals surface area contributed by atoms with E-state index in [1.165, 1.54) is 17.7 Å². The van der Waals surface area contributed by atoms with E-state index in [2.05, 4.69) is 29.4 Å². The largest absolute Gasteiger partial charge is 0.416 e. The first kappa shape index (κ1) is 20.9. The predicted octanol–water partition coefficient (Wildman–Crippen LogP) is 5.14. The summed E-state index contributed by atoms with van der Waals surface area (Å²) < 4.78 is 40.1. The number of hydrogen-bond acceptors (Lipinski definition) is 4. The molecule has 1 aromatic heterocycles. The molecule has 0 aliphatic rings. The van der Waals surface area contributed by atoms with Gasteiger partial charge in [-0.1, -0.05) is 43.8 Å². The van der Waals surface area contributed by atoms with Gasteiger partial charge < -0.3 is 5.32 Å². The molecule has 5 nitrogen and oxygen atoms in total. The third-order valence-corrected chi connectivity index (χ3v) is 5.10. The summed E-state index contributed by atoms with van der Waals surface area (Å²) in [5, 5.41) is 10.9.